The molecular weight excluding hydrogens is 530 g/mol. The molecule has 0 saturated carbocycles. The lowest BCUT2D eigenvalue weighted by atomic mass is 9.74. The van der Waals surface area contributed by atoms with Crippen molar-refractivity contribution in [3.05, 3.63) is 71.9 Å². The number of fused-ring (bicyclic) bond motifs is 1. The molecule has 11 heteroatoms. The summed E-state index contributed by atoms with van der Waals surface area (Å²) in [5, 5.41) is 9.12. The summed E-state index contributed by atoms with van der Waals surface area (Å²) in [6.07, 6.45) is 7.84. The number of piperidine rings is 1. The molecule has 1 aliphatic rings. The minimum Gasteiger partial charge on any atom is -0.460 e. The van der Waals surface area contributed by atoms with Gasteiger partial charge in [-0.25, -0.2) is 9.97 Å². The van der Waals surface area contributed by atoms with Crippen molar-refractivity contribution < 1.29 is 14.3 Å². The van der Waals surface area contributed by atoms with Crippen LogP contribution in [0.3, 0.4) is 0 Å². The number of nitrogens with zero attached hydrogens (tertiary/aromatic N) is 5. The molecule has 2 N–H and O–H groups in total. The van der Waals surface area contributed by atoms with E-state index >= 15 is 0 Å². The molecule has 3 aromatic heterocycles. The number of carbonyl (C=O) groups is 2. The summed E-state index contributed by atoms with van der Waals surface area (Å²) in [7, 11) is 0. The molecule has 1 aliphatic heterocycles. The van der Waals surface area contributed by atoms with Crippen LogP contribution in [-0.2, 0) is 20.9 Å². The Morgan fingerprint density at radius 1 is 1.15 bits per heavy atom. The van der Waals surface area contributed by atoms with Crippen LogP contribution < -0.4 is 10.2 Å². The molecule has 1 amide bonds. The molecule has 1 fully saturated rings. The first-order valence-corrected chi connectivity index (χ1v) is 13.8. The number of aromatic amines is 1. The molecule has 0 radical (unpaired) electrons. The maximum absolute atomic E-state index is 14.2. The van der Waals surface area contributed by atoms with Gasteiger partial charge in [-0.3, -0.25) is 14.3 Å². The number of halogens is 1. The number of nitrogens with one attached hydrogen (secondary N) is 2. The van der Waals surface area contributed by atoms with E-state index in [2.05, 4.69) is 30.3 Å². The first-order valence-electron chi connectivity index (χ1n) is 13.4. The maximum Gasteiger partial charge on any atom is 0.307 e. The van der Waals surface area contributed by atoms with Gasteiger partial charge in [0, 0.05) is 36.7 Å². The Kier molecular flexibility index (Phi) is 7.80. The molecule has 1 saturated heterocycles. The third-order valence-corrected chi connectivity index (χ3v) is 7.50. The number of esters is 1. The molecule has 210 valence electrons. The predicted octanol–water partition coefficient (Wildman–Crippen LogP) is 4.68. The van der Waals surface area contributed by atoms with E-state index in [1.54, 1.807) is 23.0 Å². The summed E-state index contributed by atoms with van der Waals surface area (Å²) < 4.78 is 7.45. The number of ether oxygens (including phenoxy) is 1. The number of rotatable bonds is 8. The van der Waals surface area contributed by atoms with Gasteiger partial charge in [-0.1, -0.05) is 23.7 Å². The van der Waals surface area contributed by atoms with Crippen molar-refractivity contribution >= 4 is 40.3 Å². The molecule has 10 nitrogen and oxygen atoms in total. The topological polar surface area (TPSA) is 118 Å². The summed E-state index contributed by atoms with van der Waals surface area (Å²) in [4.78, 5) is 41.4. The van der Waals surface area contributed by atoms with E-state index < -0.39 is 11.0 Å². The molecule has 4 heterocycles. The molecule has 40 heavy (non-hydrogen) atoms. The number of amides is 1. The maximum atomic E-state index is 14.2. The van der Waals surface area contributed by atoms with Crippen LogP contribution in [0.25, 0.3) is 11.0 Å². The average molecular weight is 564 g/mol. The van der Waals surface area contributed by atoms with Gasteiger partial charge >= 0.3 is 5.97 Å². The SMILES string of the molecule is CC(C)(C)OC(=O)CC1(C(=O)NC(Cn2cccn2)c2ccc(Cl)cc2)CCN(c2ncnc3[nH]ccc23)CC1. The van der Waals surface area contributed by atoms with Gasteiger partial charge in [0.25, 0.3) is 0 Å². The number of aromatic nitrogens is 5. The van der Waals surface area contributed by atoms with Crippen LogP contribution in [0.4, 0.5) is 5.82 Å². The van der Waals surface area contributed by atoms with Crippen molar-refractivity contribution in [1.82, 2.24) is 30.0 Å². The van der Waals surface area contributed by atoms with Crippen LogP contribution in [0.15, 0.2) is 61.3 Å². The van der Waals surface area contributed by atoms with Crippen LogP contribution in [-0.4, -0.2) is 55.3 Å². The zero-order chi connectivity index (χ0) is 28.3. The van der Waals surface area contributed by atoms with E-state index in [1.165, 1.54) is 6.33 Å². The average Bonchev–Trinajstić information content (AvgIpc) is 3.60. The summed E-state index contributed by atoms with van der Waals surface area (Å²) in [6, 6.07) is 10.8. The van der Waals surface area contributed by atoms with E-state index in [0.717, 1.165) is 22.4 Å². The second-order valence-electron chi connectivity index (χ2n) is 11.3. The van der Waals surface area contributed by atoms with E-state index in [9.17, 15) is 9.59 Å². The molecule has 1 unspecified atom stereocenters. The monoisotopic (exact) mass is 563 g/mol. The van der Waals surface area contributed by atoms with Gasteiger partial charge in [0.1, 0.15) is 23.4 Å². The van der Waals surface area contributed by atoms with Gasteiger partial charge in [0.05, 0.1) is 29.8 Å². The lowest BCUT2D eigenvalue weighted by Crippen LogP contribution is -2.51. The number of anilines is 1. The van der Waals surface area contributed by atoms with Crippen molar-refractivity contribution in [2.24, 2.45) is 5.41 Å². The highest BCUT2D eigenvalue weighted by Crippen LogP contribution is 2.39. The summed E-state index contributed by atoms with van der Waals surface area (Å²) in [6.45, 7) is 7.03. The van der Waals surface area contributed by atoms with Gasteiger partial charge in [-0.15, -0.1) is 0 Å². The molecule has 5 rings (SSSR count). The summed E-state index contributed by atoms with van der Waals surface area (Å²) >= 11 is 6.14. The third-order valence-electron chi connectivity index (χ3n) is 7.24. The van der Waals surface area contributed by atoms with Gasteiger partial charge in [-0.2, -0.15) is 5.10 Å². The molecule has 1 aromatic carbocycles. The smallest absolute Gasteiger partial charge is 0.307 e. The Bertz CT molecular complexity index is 1450. The van der Waals surface area contributed by atoms with Crippen LogP contribution in [0, 0.1) is 5.41 Å². The Labute approximate surface area is 238 Å². The zero-order valence-electron chi connectivity index (χ0n) is 22.9. The zero-order valence-corrected chi connectivity index (χ0v) is 23.7. The van der Waals surface area contributed by atoms with Gasteiger partial charge in [-0.05, 0) is 63.4 Å². The van der Waals surface area contributed by atoms with Crippen LogP contribution in [0.1, 0.15) is 51.6 Å². The molecule has 0 aliphatic carbocycles. The van der Waals surface area contributed by atoms with Gasteiger partial charge in [0.15, 0.2) is 0 Å². The highest BCUT2D eigenvalue weighted by atomic mass is 35.5. The fraction of sp³-hybridized carbons (Fsp3) is 0.414. The lowest BCUT2D eigenvalue weighted by molar-refractivity contribution is -0.161. The fourth-order valence-corrected chi connectivity index (χ4v) is 5.36. The highest BCUT2D eigenvalue weighted by molar-refractivity contribution is 6.30. The summed E-state index contributed by atoms with van der Waals surface area (Å²) in [5.74, 6) is 0.246. The molecule has 0 spiro atoms. The molecule has 0 bridgehead atoms. The standard InChI is InChI=1S/C29H34ClN7O3/c1-28(2,3)40-24(38)17-29(10-15-36(16-11-29)26-22-9-13-31-25(22)32-19-33-26)27(39)35-23(18-37-14-4-12-34-37)20-5-7-21(30)8-6-20/h4-9,12-14,19,23H,10-11,15-18H2,1-3H3,(H,35,39)(H,31,32,33). The van der Waals surface area contributed by atoms with Crippen LogP contribution in [0.5, 0.6) is 0 Å². The number of benzene rings is 1. The van der Waals surface area contributed by atoms with E-state index in [-0.39, 0.29) is 24.3 Å². The van der Waals surface area contributed by atoms with E-state index in [4.69, 9.17) is 16.3 Å². The second kappa shape index (κ2) is 11.3. The molecular formula is C29H34ClN7O3. The lowest BCUT2D eigenvalue weighted by Gasteiger charge is -2.41. The van der Waals surface area contributed by atoms with E-state index in [0.29, 0.717) is 37.5 Å². The third kappa shape index (κ3) is 6.28. The van der Waals surface area contributed by atoms with Crippen LogP contribution >= 0.6 is 11.6 Å². The van der Waals surface area contributed by atoms with Gasteiger partial charge < -0.3 is 19.9 Å². The number of H-pyrrole nitrogens is 1. The van der Waals surface area contributed by atoms with Crippen molar-refractivity contribution in [2.75, 3.05) is 18.0 Å². The second-order valence-corrected chi connectivity index (χ2v) is 11.7. The van der Waals surface area contributed by atoms with Crippen LogP contribution in [0.2, 0.25) is 5.02 Å². The number of carbonyl (C=O) groups excluding carboxylic acids is 2. The van der Waals surface area contributed by atoms with Crippen molar-refractivity contribution in [2.45, 2.75) is 58.2 Å². The number of hydrogen-bond acceptors (Lipinski definition) is 7. The predicted molar refractivity (Wildman–Crippen MR) is 153 cm³/mol. The summed E-state index contributed by atoms with van der Waals surface area (Å²) in [5.41, 5.74) is 0.0619. The molecule has 4 aromatic rings. The van der Waals surface area contributed by atoms with Crippen molar-refractivity contribution in [3.63, 3.8) is 0 Å². The first-order chi connectivity index (χ1) is 19.1. The van der Waals surface area contributed by atoms with Crippen molar-refractivity contribution in [3.8, 4) is 0 Å². The van der Waals surface area contributed by atoms with E-state index in [1.807, 2.05) is 57.4 Å². The Hall–Kier alpha value is -3.92. The fourth-order valence-electron chi connectivity index (χ4n) is 5.23. The first kappa shape index (κ1) is 27.6. The molecule has 1 atom stereocenters. The Morgan fingerprint density at radius 3 is 2.58 bits per heavy atom. The normalized spacial score (nSPS) is 16.1. The minimum absolute atomic E-state index is 0.0115. The van der Waals surface area contributed by atoms with Crippen molar-refractivity contribution in [1.29, 1.82) is 0 Å². The minimum atomic E-state index is -0.947. The highest BCUT2D eigenvalue weighted by Gasteiger charge is 2.45. The van der Waals surface area contributed by atoms with Gasteiger partial charge in [0.2, 0.25) is 5.91 Å². The Morgan fingerprint density at radius 2 is 1.90 bits per heavy atom. The quantitative estimate of drug-likeness (QED) is 0.299. The Balaban J connectivity index is 1.40. The number of hydrogen-bond donors (Lipinski definition) is 2. The largest absolute Gasteiger partial charge is 0.460 e.